The van der Waals surface area contributed by atoms with E-state index in [2.05, 4.69) is 6.07 Å². The van der Waals surface area contributed by atoms with Crippen molar-refractivity contribution in [2.24, 2.45) is 0 Å². The van der Waals surface area contributed by atoms with Crippen LogP contribution in [0.3, 0.4) is 0 Å². The molecule has 1 aliphatic rings. The number of fused-ring (bicyclic) bond motifs is 1. The molecule has 3 nitrogen and oxygen atoms in total. The molecule has 66 valence electrons. The third-order valence-corrected chi connectivity index (χ3v) is 2.01. The van der Waals surface area contributed by atoms with E-state index in [1.54, 1.807) is 6.07 Å². The molecule has 0 aliphatic carbocycles. The van der Waals surface area contributed by atoms with Crippen molar-refractivity contribution in [2.75, 3.05) is 0 Å². The fraction of sp³-hybridized carbons (Fsp3) is 0.300. The van der Waals surface area contributed by atoms with Gasteiger partial charge in [-0.25, -0.2) is 0 Å². The van der Waals surface area contributed by atoms with Crippen molar-refractivity contribution in [1.29, 1.82) is 5.26 Å². The molecule has 0 N–H and O–H groups in total. The molecule has 1 aromatic rings. The highest BCUT2D eigenvalue weighted by molar-refractivity contribution is 5.46. The first-order chi connectivity index (χ1) is 6.31. The first-order valence-electron chi connectivity index (χ1n) is 4.11. The van der Waals surface area contributed by atoms with Gasteiger partial charge < -0.3 is 9.47 Å². The third kappa shape index (κ3) is 1.36. The van der Waals surface area contributed by atoms with Gasteiger partial charge in [-0.15, -0.1) is 0 Å². The second kappa shape index (κ2) is 3.08. The lowest BCUT2D eigenvalue weighted by molar-refractivity contribution is -0.0945. The van der Waals surface area contributed by atoms with Crippen molar-refractivity contribution in [3.05, 3.63) is 29.3 Å². The van der Waals surface area contributed by atoms with E-state index >= 15 is 0 Å². The SMILES string of the molecule is CC1OCc2c(C#N)cccc2O1. The zero-order valence-electron chi connectivity index (χ0n) is 7.28. The maximum atomic E-state index is 8.80. The minimum atomic E-state index is -0.221. The zero-order chi connectivity index (χ0) is 9.26. The summed E-state index contributed by atoms with van der Waals surface area (Å²) in [5.74, 6) is 0.762. The average molecular weight is 175 g/mol. The van der Waals surface area contributed by atoms with Crippen molar-refractivity contribution in [1.82, 2.24) is 0 Å². The molecule has 0 aromatic heterocycles. The van der Waals surface area contributed by atoms with E-state index in [0.29, 0.717) is 12.2 Å². The van der Waals surface area contributed by atoms with Gasteiger partial charge >= 0.3 is 0 Å². The van der Waals surface area contributed by atoms with Gasteiger partial charge in [0.15, 0.2) is 6.29 Å². The van der Waals surface area contributed by atoms with Crippen LogP contribution in [0.2, 0.25) is 0 Å². The minimum absolute atomic E-state index is 0.221. The van der Waals surface area contributed by atoms with Gasteiger partial charge in [0, 0.05) is 5.56 Å². The van der Waals surface area contributed by atoms with E-state index in [0.717, 1.165) is 11.3 Å². The molecule has 0 saturated heterocycles. The number of ether oxygens (including phenoxy) is 2. The standard InChI is InChI=1S/C10H9NO2/c1-7-12-6-9-8(5-11)3-2-4-10(9)13-7/h2-4,7H,6H2,1H3. The molecular formula is C10H9NO2. The normalized spacial score (nSPS) is 19.8. The maximum absolute atomic E-state index is 8.80. The highest BCUT2D eigenvalue weighted by atomic mass is 16.7. The summed E-state index contributed by atoms with van der Waals surface area (Å²) in [6.07, 6.45) is -0.221. The maximum Gasteiger partial charge on any atom is 0.197 e. The average Bonchev–Trinajstić information content (AvgIpc) is 2.16. The van der Waals surface area contributed by atoms with Crippen LogP contribution in [0.5, 0.6) is 5.75 Å². The van der Waals surface area contributed by atoms with E-state index in [-0.39, 0.29) is 6.29 Å². The van der Waals surface area contributed by atoms with E-state index in [1.165, 1.54) is 0 Å². The van der Waals surface area contributed by atoms with Crippen LogP contribution in [-0.4, -0.2) is 6.29 Å². The van der Waals surface area contributed by atoms with Crippen LogP contribution >= 0.6 is 0 Å². The van der Waals surface area contributed by atoms with Crippen molar-refractivity contribution >= 4 is 0 Å². The molecule has 0 radical (unpaired) electrons. The highest BCUT2D eigenvalue weighted by Gasteiger charge is 2.18. The zero-order valence-corrected chi connectivity index (χ0v) is 7.28. The van der Waals surface area contributed by atoms with Gasteiger partial charge in [0.1, 0.15) is 5.75 Å². The summed E-state index contributed by atoms with van der Waals surface area (Å²) in [7, 11) is 0. The molecule has 1 atom stereocenters. The molecule has 1 unspecified atom stereocenters. The molecular weight excluding hydrogens is 166 g/mol. The number of nitrogens with zero attached hydrogens (tertiary/aromatic N) is 1. The van der Waals surface area contributed by atoms with Crippen LogP contribution in [0.25, 0.3) is 0 Å². The van der Waals surface area contributed by atoms with Crippen LogP contribution in [-0.2, 0) is 11.3 Å². The quantitative estimate of drug-likeness (QED) is 0.604. The second-order valence-electron chi connectivity index (χ2n) is 2.89. The van der Waals surface area contributed by atoms with Crippen LogP contribution in [0, 0.1) is 11.3 Å². The minimum Gasteiger partial charge on any atom is -0.465 e. The van der Waals surface area contributed by atoms with Crippen molar-refractivity contribution in [3.63, 3.8) is 0 Å². The van der Waals surface area contributed by atoms with Crippen LogP contribution in [0.4, 0.5) is 0 Å². The summed E-state index contributed by atoms with van der Waals surface area (Å²) in [6, 6.07) is 7.55. The molecule has 13 heavy (non-hydrogen) atoms. The Labute approximate surface area is 76.5 Å². The summed E-state index contributed by atoms with van der Waals surface area (Å²) in [5, 5.41) is 8.80. The van der Waals surface area contributed by atoms with E-state index in [9.17, 15) is 0 Å². The second-order valence-corrected chi connectivity index (χ2v) is 2.89. The van der Waals surface area contributed by atoms with Gasteiger partial charge in [0.25, 0.3) is 0 Å². The van der Waals surface area contributed by atoms with Crippen molar-refractivity contribution < 1.29 is 9.47 Å². The Kier molecular flexibility index (Phi) is 1.91. The largest absolute Gasteiger partial charge is 0.465 e. The third-order valence-electron chi connectivity index (χ3n) is 2.01. The predicted octanol–water partition coefficient (Wildman–Crippen LogP) is 1.81. The van der Waals surface area contributed by atoms with Crippen LogP contribution < -0.4 is 4.74 Å². The van der Waals surface area contributed by atoms with Gasteiger partial charge in [-0.3, -0.25) is 0 Å². The summed E-state index contributed by atoms with van der Waals surface area (Å²) in [4.78, 5) is 0. The lowest BCUT2D eigenvalue weighted by Gasteiger charge is -2.23. The highest BCUT2D eigenvalue weighted by Crippen LogP contribution is 2.28. The van der Waals surface area contributed by atoms with Gasteiger partial charge in [-0.05, 0) is 19.1 Å². The monoisotopic (exact) mass is 175 g/mol. The van der Waals surface area contributed by atoms with Crippen molar-refractivity contribution in [3.8, 4) is 11.8 Å². The number of hydrogen-bond donors (Lipinski definition) is 0. The van der Waals surface area contributed by atoms with E-state index in [4.69, 9.17) is 14.7 Å². The summed E-state index contributed by atoms with van der Waals surface area (Å²) < 4.78 is 10.7. The number of rotatable bonds is 0. The predicted molar refractivity (Wildman–Crippen MR) is 46.0 cm³/mol. The van der Waals surface area contributed by atoms with Crippen molar-refractivity contribution in [2.45, 2.75) is 19.8 Å². The Balaban J connectivity index is 2.47. The Morgan fingerprint density at radius 1 is 1.54 bits per heavy atom. The first kappa shape index (κ1) is 8.09. The van der Waals surface area contributed by atoms with Gasteiger partial charge in [-0.1, -0.05) is 6.07 Å². The molecule has 0 saturated carbocycles. The summed E-state index contributed by atoms with van der Waals surface area (Å²) in [6.45, 7) is 2.29. The smallest absolute Gasteiger partial charge is 0.197 e. The molecule has 2 rings (SSSR count). The Hall–Kier alpha value is -1.53. The Morgan fingerprint density at radius 3 is 3.15 bits per heavy atom. The first-order valence-corrected chi connectivity index (χ1v) is 4.11. The van der Waals surface area contributed by atoms with Gasteiger partial charge in [0.05, 0.1) is 18.2 Å². The van der Waals surface area contributed by atoms with Crippen LogP contribution in [0.15, 0.2) is 18.2 Å². The number of nitriles is 1. The molecule has 3 heteroatoms. The molecule has 0 spiro atoms. The fourth-order valence-corrected chi connectivity index (χ4v) is 1.34. The lowest BCUT2D eigenvalue weighted by atomic mass is 10.1. The Bertz CT molecular complexity index is 368. The Morgan fingerprint density at radius 2 is 2.38 bits per heavy atom. The molecule has 0 bridgehead atoms. The fourth-order valence-electron chi connectivity index (χ4n) is 1.34. The molecule has 1 heterocycles. The molecule has 0 amide bonds. The van der Waals surface area contributed by atoms with Gasteiger partial charge in [0.2, 0.25) is 0 Å². The molecule has 1 aliphatic heterocycles. The molecule has 1 aromatic carbocycles. The van der Waals surface area contributed by atoms with E-state index in [1.807, 2.05) is 19.1 Å². The number of hydrogen-bond acceptors (Lipinski definition) is 3. The van der Waals surface area contributed by atoms with Crippen LogP contribution in [0.1, 0.15) is 18.1 Å². The molecule has 0 fully saturated rings. The van der Waals surface area contributed by atoms with Gasteiger partial charge in [-0.2, -0.15) is 5.26 Å². The lowest BCUT2D eigenvalue weighted by Crippen LogP contribution is -2.22. The number of benzene rings is 1. The van der Waals surface area contributed by atoms with E-state index < -0.39 is 0 Å². The summed E-state index contributed by atoms with van der Waals surface area (Å²) in [5.41, 5.74) is 1.48. The topological polar surface area (TPSA) is 42.2 Å². The summed E-state index contributed by atoms with van der Waals surface area (Å²) >= 11 is 0.